The van der Waals surface area contributed by atoms with Crippen molar-refractivity contribution in [3.05, 3.63) is 0 Å². The Morgan fingerprint density at radius 3 is 1.94 bits per heavy atom. The van der Waals surface area contributed by atoms with Crippen molar-refractivity contribution < 1.29 is 4.74 Å². The topological polar surface area (TPSA) is 33.0 Å². The molecule has 0 aromatic rings. The Hall–Kier alpha value is -0.550. The van der Waals surface area contributed by atoms with Crippen LogP contribution in [0.3, 0.4) is 0 Å². The number of nitrogens with zero attached hydrogens (tertiary/aromatic N) is 1. The van der Waals surface area contributed by atoms with Crippen LogP contribution in [0.1, 0.15) is 51.4 Å². The molecule has 0 aromatic heterocycles. The zero-order valence-corrected chi connectivity index (χ0v) is 11.0. The average Bonchev–Trinajstić information content (AvgIpc) is 2.40. The van der Waals surface area contributed by atoms with Crippen LogP contribution in [0.2, 0.25) is 0 Å². The van der Waals surface area contributed by atoms with Gasteiger partial charge in [0.2, 0.25) is 0 Å². The van der Waals surface area contributed by atoms with Crippen molar-refractivity contribution in [2.24, 2.45) is 23.7 Å². The summed E-state index contributed by atoms with van der Waals surface area (Å²) in [5.74, 6) is 3.04. The molecule has 17 heavy (non-hydrogen) atoms. The van der Waals surface area contributed by atoms with E-state index in [0.717, 1.165) is 37.2 Å². The summed E-state index contributed by atoms with van der Waals surface area (Å²) >= 11 is 0. The Kier molecular flexibility index (Phi) is 4.86. The van der Waals surface area contributed by atoms with Gasteiger partial charge in [-0.25, -0.2) is 0 Å². The summed E-state index contributed by atoms with van der Waals surface area (Å²) in [4.78, 5) is 0. The lowest BCUT2D eigenvalue weighted by molar-refractivity contribution is 0.0960. The van der Waals surface area contributed by atoms with Gasteiger partial charge in [-0.3, -0.25) is 0 Å². The van der Waals surface area contributed by atoms with Gasteiger partial charge in [-0.2, -0.15) is 5.26 Å². The maximum atomic E-state index is 8.92. The molecular weight excluding hydrogens is 210 g/mol. The molecule has 2 fully saturated rings. The van der Waals surface area contributed by atoms with E-state index in [1.807, 2.05) is 7.11 Å². The Bertz CT molecular complexity index is 255. The summed E-state index contributed by atoms with van der Waals surface area (Å²) in [5, 5.41) is 8.92. The smallest absolute Gasteiger partial charge is 0.0655 e. The largest absolute Gasteiger partial charge is 0.384 e. The van der Waals surface area contributed by atoms with E-state index < -0.39 is 0 Å². The monoisotopic (exact) mass is 235 g/mol. The molecule has 0 aromatic carbocycles. The van der Waals surface area contributed by atoms with Gasteiger partial charge in [0.15, 0.2) is 0 Å². The molecule has 0 spiro atoms. The molecule has 2 heteroatoms. The normalized spacial score (nSPS) is 38.6. The van der Waals surface area contributed by atoms with Crippen LogP contribution in [0.4, 0.5) is 0 Å². The summed E-state index contributed by atoms with van der Waals surface area (Å²) in [6.45, 7) is 0.952. The maximum Gasteiger partial charge on any atom is 0.0655 e. The molecule has 0 aliphatic heterocycles. The molecule has 2 aliphatic carbocycles. The Morgan fingerprint density at radius 2 is 1.47 bits per heavy atom. The molecule has 0 radical (unpaired) electrons. The second-order valence-electron chi connectivity index (χ2n) is 5.98. The number of hydrogen-bond acceptors (Lipinski definition) is 2. The van der Waals surface area contributed by atoms with E-state index in [1.165, 1.54) is 38.5 Å². The minimum atomic E-state index is 0.357. The standard InChI is InChI=1S/C15H25NO/c1-17-11-13-4-8-15(9-5-13)14-6-2-12(10-16)3-7-14/h12-15H,2-9,11H2,1H3/t12-,13?,14-,15?. The highest BCUT2D eigenvalue weighted by Crippen LogP contribution is 2.41. The fourth-order valence-electron chi connectivity index (χ4n) is 3.78. The highest BCUT2D eigenvalue weighted by atomic mass is 16.5. The van der Waals surface area contributed by atoms with Gasteiger partial charge >= 0.3 is 0 Å². The summed E-state index contributed by atoms with van der Waals surface area (Å²) in [6.07, 6.45) is 10.4. The fourth-order valence-corrected chi connectivity index (χ4v) is 3.78. The van der Waals surface area contributed by atoms with Crippen molar-refractivity contribution in [3.63, 3.8) is 0 Å². The first kappa shape index (κ1) is 12.9. The van der Waals surface area contributed by atoms with Gasteiger partial charge in [0.25, 0.3) is 0 Å². The molecule has 0 bridgehead atoms. The Balaban J connectivity index is 1.72. The first-order chi connectivity index (χ1) is 8.33. The van der Waals surface area contributed by atoms with E-state index in [9.17, 15) is 0 Å². The van der Waals surface area contributed by atoms with Crippen molar-refractivity contribution in [3.8, 4) is 6.07 Å². The molecule has 0 N–H and O–H groups in total. The van der Waals surface area contributed by atoms with E-state index in [4.69, 9.17) is 10.00 Å². The molecule has 96 valence electrons. The second kappa shape index (κ2) is 6.40. The number of methoxy groups -OCH3 is 1. The number of ether oxygens (including phenoxy) is 1. The Labute approximate surface area is 105 Å². The molecule has 2 rings (SSSR count). The quantitative estimate of drug-likeness (QED) is 0.746. The van der Waals surface area contributed by atoms with E-state index in [2.05, 4.69) is 6.07 Å². The highest BCUT2D eigenvalue weighted by molar-refractivity contribution is 4.89. The van der Waals surface area contributed by atoms with E-state index >= 15 is 0 Å². The van der Waals surface area contributed by atoms with Gasteiger partial charge in [0.05, 0.1) is 6.07 Å². The zero-order chi connectivity index (χ0) is 12.1. The van der Waals surface area contributed by atoms with Gasteiger partial charge in [0, 0.05) is 19.6 Å². The third-order valence-corrected chi connectivity index (χ3v) is 4.91. The van der Waals surface area contributed by atoms with Crippen LogP contribution in [0, 0.1) is 35.0 Å². The third-order valence-electron chi connectivity index (χ3n) is 4.91. The average molecular weight is 235 g/mol. The van der Waals surface area contributed by atoms with Crippen LogP contribution >= 0.6 is 0 Å². The van der Waals surface area contributed by atoms with Crippen molar-refractivity contribution in [2.75, 3.05) is 13.7 Å². The summed E-state index contributed by atoms with van der Waals surface area (Å²) in [6, 6.07) is 2.43. The predicted molar refractivity (Wildman–Crippen MR) is 68.4 cm³/mol. The SMILES string of the molecule is COCC1CCC([C@H]2CC[C@H](C#N)CC2)CC1. The molecule has 0 atom stereocenters. The van der Waals surface area contributed by atoms with Crippen molar-refractivity contribution in [2.45, 2.75) is 51.4 Å². The van der Waals surface area contributed by atoms with Crippen molar-refractivity contribution in [1.29, 1.82) is 5.26 Å². The lowest BCUT2D eigenvalue weighted by Crippen LogP contribution is -2.26. The molecule has 0 unspecified atom stereocenters. The van der Waals surface area contributed by atoms with Crippen LogP contribution < -0.4 is 0 Å². The first-order valence-electron chi connectivity index (χ1n) is 7.22. The van der Waals surface area contributed by atoms with Gasteiger partial charge in [-0.1, -0.05) is 0 Å². The lowest BCUT2D eigenvalue weighted by Gasteiger charge is -2.36. The molecule has 0 amide bonds. The van der Waals surface area contributed by atoms with E-state index in [-0.39, 0.29) is 0 Å². The molecule has 0 saturated heterocycles. The zero-order valence-electron chi connectivity index (χ0n) is 11.0. The summed E-state index contributed by atoms with van der Waals surface area (Å²) < 4.78 is 5.25. The minimum Gasteiger partial charge on any atom is -0.384 e. The predicted octanol–water partition coefficient (Wildman–Crippen LogP) is 3.77. The lowest BCUT2D eigenvalue weighted by atomic mass is 9.69. The van der Waals surface area contributed by atoms with E-state index in [1.54, 1.807) is 0 Å². The van der Waals surface area contributed by atoms with E-state index in [0.29, 0.717) is 5.92 Å². The highest BCUT2D eigenvalue weighted by Gasteiger charge is 2.30. The van der Waals surface area contributed by atoms with Crippen LogP contribution in [-0.4, -0.2) is 13.7 Å². The second-order valence-corrected chi connectivity index (χ2v) is 5.98. The van der Waals surface area contributed by atoms with Crippen molar-refractivity contribution in [1.82, 2.24) is 0 Å². The van der Waals surface area contributed by atoms with Gasteiger partial charge < -0.3 is 4.74 Å². The summed E-state index contributed by atoms with van der Waals surface area (Å²) in [7, 11) is 1.81. The van der Waals surface area contributed by atoms with Crippen LogP contribution in [0.5, 0.6) is 0 Å². The molecule has 2 saturated carbocycles. The van der Waals surface area contributed by atoms with Gasteiger partial charge in [-0.05, 0) is 69.1 Å². The van der Waals surface area contributed by atoms with Gasteiger partial charge in [-0.15, -0.1) is 0 Å². The number of rotatable bonds is 3. The number of nitriles is 1. The molecule has 2 aliphatic rings. The minimum absolute atomic E-state index is 0.357. The summed E-state index contributed by atoms with van der Waals surface area (Å²) in [5.41, 5.74) is 0. The van der Waals surface area contributed by atoms with Gasteiger partial charge in [0.1, 0.15) is 0 Å². The number of hydrogen-bond donors (Lipinski definition) is 0. The van der Waals surface area contributed by atoms with Crippen LogP contribution in [0.15, 0.2) is 0 Å². The fraction of sp³-hybridized carbons (Fsp3) is 0.933. The molecular formula is C15H25NO. The maximum absolute atomic E-state index is 8.92. The van der Waals surface area contributed by atoms with Crippen LogP contribution in [0.25, 0.3) is 0 Å². The molecule has 0 heterocycles. The molecule has 2 nitrogen and oxygen atoms in total. The van der Waals surface area contributed by atoms with Crippen LogP contribution in [-0.2, 0) is 4.74 Å². The first-order valence-corrected chi connectivity index (χ1v) is 7.22. The third kappa shape index (κ3) is 3.45. The van der Waals surface area contributed by atoms with Crippen molar-refractivity contribution >= 4 is 0 Å². The Morgan fingerprint density at radius 1 is 0.941 bits per heavy atom.